The number of aliphatic hydroxyl groups excluding tert-OH is 1. The van der Waals surface area contributed by atoms with Crippen molar-refractivity contribution in [1.29, 1.82) is 0 Å². The van der Waals surface area contributed by atoms with Crippen LogP contribution < -0.4 is 5.32 Å². The molecule has 1 aromatic carbocycles. The molecule has 0 spiro atoms. The van der Waals surface area contributed by atoms with Crippen molar-refractivity contribution in [2.75, 3.05) is 25.0 Å². The van der Waals surface area contributed by atoms with Gasteiger partial charge in [-0.2, -0.15) is 9.29 Å². The molecule has 0 radical (unpaired) electrons. The molecule has 3 aromatic rings. The van der Waals surface area contributed by atoms with E-state index in [0.717, 1.165) is 71.5 Å². The van der Waals surface area contributed by atoms with Crippen molar-refractivity contribution in [3.8, 4) is 11.1 Å². The highest BCUT2D eigenvalue weighted by atomic mass is 32.2. The third-order valence-corrected chi connectivity index (χ3v) is 9.61. The van der Waals surface area contributed by atoms with Gasteiger partial charge in [-0.05, 0) is 49.8 Å². The minimum absolute atomic E-state index is 0.0927. The quantitative estimate of drug-likeness (QED) is 0.376. The zero-order chi connectivity index (χ0) is 26.9. The molecule has 0 atom stereocenters. The first-order chi connectivity index (χ1) is 18.2. The second-order valence-electron chi connectivity index (χ2n) is 10.4. The molecule has 2 fully saturated rings. The van der Waals surface area contributed by atoms with Crippen LogP contribution in [0, 0.1) is 0 Å². The number of fused-ring (bicyclic) bond motifs is 1. The van der Waals surface area contributed by atoms with Gasteiger partial charge in [-0.15, -0.1) is 0 Å². The molecular formula is C27H35F2N5O3S. The fourth-order valence-corrected chi connectivity index (χ4v) is 6.79. The van der Waals surface area contributed by atoms with Gasteiger partial charge in [-0.3, -0.25) is 0 Å². The van der Waals surface area contributed by atoms with E-state index in [1.807, 2.05) is 6.20 Å². The molecule has 0 unspecified atom stereocenters. The largest absolute Gasteiger partial charge is 0.393 e. The predicted octanol–water partition coefficient (Wildman–Crippen LogP) is 5.21. The number of benzene rings is 1. The first kappa shape index (κ1) is 27.0. The Bertz CT molecular complexity index is 1360. The minimum atomic E-state index is -3.85. The Kier molecular flexibility index (Phi) is 7.70. The molecule has 1 aliphatic carbocycles. The first-order valence-electron chi connectivity index (χ1n) is 13.5. The van der Waals surface area contributed by atoms with Crippen LogP contribution in [0.25, 0.3) is 22.2 Å². The van der Waals surface area contributed by atoms with Gasteiger partial charge in [0.25, 0.3) is 5.92 Å². The molecule has 2 aromatic heterocycles. The number of nitrogens with zero attached hydrogens (tertiary/aromatic N) is 4. The Morgan fingerprint density at radius 1 is 1.11 bits per heavy atom. The average Bonchev–Trinajstić information content (AvgIpc) is 3.28. The van der Waals surface area contributed by atoms with Crippen LogP contribution in [0.15, 0.2) is 41.6 Å². The van der Waals surface area contributed by atoms with Crippen molar-refractivity contribution >= 4 is 27.0 Å². The van der Waals surface area contributed by atoms with Crippen LogP contribution in [0.3, 0.4) is 0 Å². The van der Waals surface area contributed by atoms with Gasteiger partial charge < -0.3 is 15.0 Å². The summed E-state index contributed by atoms with van der Waals surface area (Å²) in [6, 6.07) is 6.79. The fourth-order valence-electron chi connectivity index (χ4n) is 5.35. The fraction of sp³-hybridized carbons (Fsp3) is 0.556. The van der Waals surface area contributed by atoms with E-state index in [1.165, 1.54) is 0 Å². The number of unbranched alkanes of at least 4 members (excludes halogenated alkanes) is 1. The highest BCUT2D eigenvalue weighted by molar-refractivity contribution is 7.89. The summed E-state index contributed by atoms with van der Waals surface area (Å²) in [4.78, 5) is 9.45. The van der Waals surface area contributed by atoms with E-state index in [9.17, 15) is 22.3 Å². The number of aromatic nitrogens is 3. The van der Waals surface area contributed by atoms with Gasteiger partial charge in [0, 0.05) is 61.9 Å². The Labute approximate surface area is 222 Å². The molecular weight excluding hydrogens is 512 g/mol. The summed E-state index contributed by atoms with van der Waals surface area (Å²) in [7, 11) is -3.85. The van der Waals surface area contributed by atoms with E-state index >= 15 is 0 Å². The monoisotopic (exact) mass is 547 g/mol. The van der Waals surface area contributed by atoms with E-state index in [4.69, 9.17) is 4.98 Å². The molecule has 1 aliphatic heterocycles. The molecule has 1 saturated heterocycles. The minimum Gasteiger partial charge on any atom is -0.393 e. The Balaban J connectivity index is 1.46. The number of hydrogen-bond acceptors (Lipinski definition) is 6. The summed E-state index contributed by atoms with van der Waals surface area (Å²) in [5, 5.41) is 14.2. The van der Waals surface area contributed by atoms with Gasteiger partial charge in [0.2, 0.25) is 16.0 Å². The number of sulfonamides is 1. The molecule has 1 saturated carbocycles. The summed E-state index contributed by atoms with van der Waals surface area (Å²) in [5.74, 6) is -2.24. The SMILES string of the molecule is CCCCNc1ncc2c(-c3ccc(S(=O)(=O)N4CCC(F)(F)CC4)cc3)cn([C@H]3CC[C@H](O)CC3)c2n1. The van der Waals surface area contributed by atoms with Crippen LogP contribution in [-0.4, -0.2) is 64.0 Å². The van der Waals surface area contributed by atoms with Crippen LogP contribution in [-0.2, 0) is 10.0 Å². The average molecular weight is 548 g/mol. The Morgan fingerprint density at radius 3 is 2.45 bits per heavy atom. The first-order valence-corrected chi connectivity index (χ1v) is 14.9. The summed E-state index contributed by atoms with van der Waals surface area (Å²) in [6.07, 6.45) is 7.91. The number of halogens is 2. The zero-order valence-corrected chi connectivity index (χ0v) is 22.4. The number of hydrogen-bond donors (Lipinski definition) is 2. The molecule has 3 heterocycles. The predicted molar refractivity (Wildman–Crippen MR) is 143 cm³/mol. The lowest BCUT2D eigenvalue weighted by Gasteiger charge is -2.30. The van der Waals surface area contributed by atoms with Crippen molar-refractivity contribution < 1.29 is 22.3 Å². The van der Waals surface area contributed by atoms with Gasteiger partial charge in [0.05, 0.1) is 11.0 Å². The maximum absolute atomic E-state index is 13.5. The summed E-state index contributed by atoms with van der Waals surface area (Å²) < 4.78 is 56.5. The lowest BCUT2D eigenvalue weighted by Crippen LogP contribution is -2.42. The van der Waals surface area contributed by atoms with E-state index in [2.05, 4.69) is 21.8 Å². The number of nitrogens with one attached hydrogen (secondary N) is 1. The molecule has 0 bridgehead atoms. The van der Waals surface area contributed by atoms with E-state index in [1.54, 1.807) is 30.5 Å². The normalized spacial score (nSPS) is 22.5. The topological polar surface area (TPSA) is 100 Å². The van der Waals surface area contributed by atoms with Crippen LogP contribution >= 0.6 is 0 Å². The third kappa shape index (κ3) is 5.55. The lowest BCUT2D eigenvalue weighted by atomic mass is 9.93. The molecule has 206 valence electrons. The van der Waals surface area contributed by atoms with E-state index in [-0.39, 0.29) is 30.1 Å². The Morgan fingerprint density at radius 2 is 1.79 bits per heavy atom. The van der Waals surface area contributed by atoms with Gasteiger partial charge in [-0.1, -0.05) is 25.5 Å². The summed E-state index contributed by atoms with van der Waals surface area (Å²) in [6.45, 7) is 2.54. The summed E-state index contributed by atoms with van der Waals surface area (Å²) in [5.41, 5.74) is 2.53. The summed E-state index contributed by atoms with van der Waals surface area (Å²) >= 11 is 0. The second-order valence-corrected chi connectivity index (χ2v) is 12.3. The third-order valence-electron chi connectivity index (χ3n) is 7.70. The molecule has 5 rings (SSSR count). The number of piperidine rings is 1. The molecule has 2 N–H and O–H groups in total. The van der Waals surface area contributed by atoms with Crippen molar-refractivity contribution in [2.45, 2.75) is 81.3 Å². The zero-order valence-electron chi connectivity index (χ0n) is 21.6. The molecule has 0 amide bonds. The maximum atomic E-state index is 13.5. The van der Waals surface area contributed by atoms with Gasteiger partial charge in [-0.25, -0.2) is 22.2 Å². The van der Waals surface area contributed by atoms with Crippen LogP contribution in [0.2, 0.25) is 0 Å². The second kappa shape index (κ2) is 10.9. The van der Waals surface area contributed by atoms with Crippen LogP contribution in [0.5, 0.6) is 0 Å². The van der Waals surface area contributed by atoms with Crippen molar-refractivity contribution in [1.82, 2.24) is 18.8 Å². The number of rotatable bonds is 8. The molecule has 2 aliphatic rings. The smallest absolute Gasteiger partial charge is 0.250 e. The maximum Gasteiger partial charge on any atom is 0.250 e. The lowest BCUT2D eigenvalue weighted by molar-refractivity contribution is -0.0412. The van der Waals surface area contributed by atoms with Crippen molar-refractivity contribution in [3.63, 3.8) is 0 Å². The van der Waals surface area contributed by atoms with E-state index < -0.39 is 28.8 Å². The molecule has 8 nitrogen and oxygen atoms in total. The van der Waals surface area contributed by atoms with Crippen molar-refractivity contribution in [2.24, 2.45) is 0 Å². The van der Waals surface area contributed by atoms with E-state index in [0.29, 0.717) is 5.95 Å². The van der Waals surface area contributed by atoms with Gasteiger partial charge in [0.15, 0.2) is 0 Å². The number of aliphatic hydroxyl groups is 1. The highest BCUT2D eigenvalue weighted by Crippen LogP contribution is 2.37. The number of anilines is 1. The molecule has 38 heavy (non-hydrogen) atoms. The van der Waals surface area contributed by atoms with Gasteiger partial charge >= 0.3 is 0 Å². The van der Waals surface area contributed by atoms with Crippen LogP contribution in [0.1, 0.15) is 64.3 Å². The van der Waals surface area contributed by atoms with Crippen molar-refractivity contribution in [3.05, 3.63) is 36.7 Å². The van der Waals surface area contributed by atoms with Gasteiger partial charge in [0.1, 0.15) is 5.65 Å². The standard InChI is InChI=1S/C27H35F2N5O3S/c1-2-3-14-30-26-31-17-23-24(18-34(25(23)32-26)20-6-8-21(35)9-7-20)19-4-10-22(11-5-19)38(36,37)33-15-12-27(28,29)13-16-33/h4-5,10-11,17-18,20-21,35H,2-3,6-9,12-16H2,1H3,(H,30,31,32)/t20-,21-. The highest BCUT2D eigenvalue weighted by Gasteiger charge is 2.38. The Hall–Kier alpha value is -2.63. The molecule has 11 heteroatoms. The number of alkyl halides is 2. The van der Waals surface area contributed by atoms with Crippen LogP contribution in [0.4, 0.5) is 14.7 Å².